The number of aromatic hydroxyl groups is 2. The summed E-state index contributed by atoms with van der Waals surface area (Å²) in [4.78, 5) is 23.4. The summed E-state index contributed by atoms with van der Waals surface area (Å²) in [6.45, 7) is 4.41. The second-order valence-corrected chi connectivity index (χ2v) is 5.72. The van der Waals surface area contributed by atoms with E-state index in [9.17, 15) is 19.8 Å². The number of nitrogens with zero attached hydrogens (tertiary/aromatic N) is 2. The topological polar surface area (TPSA) is 142 Å². The summed E-state index contributed by atoms with van der Waals surface area (Å²) >= 11 is 0. The van der Waals surface area contributed by atoms with Crippen molar-refractivity contribution in [1.82, 2.24) is 10.9 Å². The minimum atomic E-state index is -1.03. The summed E-state index contributed by atoms with van der Waals surface area (Å²) in [7, 11) is 0. The zero-order valence-corrected chi connectivity index (χ0v) is 16.5. The quantitative estimate of drug-likeness (QED) is 0.293. The monoisotopic (exact) mass is 414 g/mol. The van der Waals surface area contributed by atoms with E-state index < -0.39 is 11.8 Å². The van der Waals surface area contributed by atoms with Crippen LogP contribution in [0, 0.1) is 0 Å². The molecular formula is C20H22N4O6. The first kappa shape index (κ1) is 22.2. The van der Waals surface area contributed by atoms with E-state index >= 15 is 0 Å². The first-order valence-corrected chi connectivity index (χ1v) is 9.02. The summed E-state index contributed by atoms with van der Waals surface area (Å²) in [5.74, 6) is -1.55. The second-order valence-electron chi connectivity index (χ2n) is 5.72. The van der Waals surface area contributed by atoms with Crippen molar-refractivity contribution in [2.45, 2.75) is 13.8 Å². The van der Waals surface area contributed by atoms with Crippen LogP contribution in [0.2, 0.25) is 0 Å². The maximum atomic E-state index is 11.7. The molecule has 0 aliphatic carbocycles. The number of hydrogen-bond donors (Lipinski definition) is 4. The third kappa shape index (κ3) is 6.51. The Morgan fingerprint density at radius 3 is 1.57 bits per heavy atom. The van der Waals surface area contributed by atoms with Crippen LogP contribution >= 0.6 is 0 Å². The highest BCUT2D eigenvalue weighted by Crippen LogP contribution is 2.26. The van der Waals surface area contributed by atoms with Gasteiger partial charge in [-0.15, -0.1) is 0 Å². The van der Waals surface area contributed by atoms with Crippen molar-refractivity contribution in [3.8, 4) is 23.0 Å². The van der Waals surface area contributed by atoms with E-state index in [1.807, 2.05) is 10.9 Å². The third-order valence-corrected chi connectivity index (χ3v) is 3.53. The summed E-state index contributed by atoms with van der Waals surface area (Å²) in [6.07, 6.45) is 2.51. The van der Waals surface area contributed by atoms with Crippen LogP contribution in [-0.2, 0) is 9.59 Å². The average Bonchev–Trinajstić information content (AvgIpc) is 2.72. The predicted octanol–water partition coefficient (Wildman–Crippen LogP) is 1.50. The average molecular weight is 414 g/mol. The number of benzene rings is 2. The molecular weight excluding hydrogens is 392 g/mol. The Labute approximate surface area is 172 Å². The number of phenolic OH excluding ortho intramolecular Hbond substituents is 2. The minimum Gasteiger partial charge on any atom is -0.504 e. The number of nitrogens with one attached hydrogen (secondary N) is 2. The molecule has 0 spiro atoms. The number of hydrogen-bond acceptors (Lipinski definition) is 8. The van der Waals surface area contributed by atoms with E-state index in [0.29, 0.717) is 35.8 Å². The van der Waals surface area contributed by atoms with E-state index in [4.69, 9.17) is 9.47 Å². The maximum absolute atomic E-state index is 11.7. The molecule has 0 bridgehead atoms. The molecule has 0 fully saturated rings. The highest BCUT2D eigenvalue weighted by Gasteiger charge is 2.11. The molecule has 158 valence electrons. The molecule has 10 heteroatoms. The molecule has 0 atom stereocenters. The lowest BCUT2D eigenvalue weighted by Gasteiger charge is -2.05. The Hall–Kier alpha value is -4.08. The molecule has 2 amide bonds. The van der Waals surface area contributed by atoms with Gasteiger partial charge in [0.05, 0.1) is 25.6 Å². The zero-order valence-electron chi connectivity index (χ0n) is 16.5. The molecule has 0 heterocycles. The second kappa shape index (κ2) is 11.1. The van der Waals surface area contributed by atoms with E-state index in [0.717, 1.165) is 0 Å². The Kier molecular flexibility index (Phi) is 8.18. The molecule has 10 nitrogen and oxygen atoms in total. The van der Waals surface area contributed by atoms with Gasteiger partial charge in [0.15, 0.2) is 23.0 Å². The summed E-state index contributed by atoms with van der Waals surface area (Å²) < 4.78 is 10.4. The van der Waals surface area contributed by atoms with Gasteiger partial charge in [-0.05, 0) is 61.4 Å². The van der Waals surface area contributed by atoms with Crippen molar-refractivity contribution in [1.29, 1.82) is 0 Å². The van der Waals surface area contributed by atoms with Gasteiger partial charge in [0.1, 0.15) is 0 Å². The Morgan fingerprint density at radius 2 is 1.23 bits per heavy atom. The normalized spacial score (nSPS) is 10.9. The van der Waals surface area contributed by atoms with Gasteiger partial charge in [0.2, 0.25) is 0 Å². The Bertz CT molecular complexity index is 881. The van der Waals surface area contributed by atoms with Crippen molar-refractivity contribution in [2.75, 3.05) is 13.2 Å². The number of amides is 2. The van der Waals surface area contributed by atoms with Gasteiger partial charge in [-0.2, -0.15) is 10.2 Å². The lowest BCUT2D eigenvalue weighted by Crippen LogP contribution is -2.35. The van der Waals surface area contributed by atoms with Crippen molar-refractivity contribution < 1.29 is 29.3 Å². The lowest BCUT2D eigenvalue weighted by molar-refractivity contribution is -0.139. The van der Waals surface area contributed by atoms with Gasteiger partial charge in [-0.3, -0.25) is 9.59 Å². The fourth-order valence-electron chi connectivity index (χ4n) is 2.22. The lowest BCUT2D eigenvalue weighted by atomic mass is 10.2. The molecule has 30 heavy (non-hydrogen) atoms. The predicted molar refractivity (Wildman–Crippen MR) is 110 cm³/mol. The minimum absolute atomic E-state index is 0.0699. The molecule has 0 saturated heterocycles. The van der Waals surface area contributed by atoms with Gasteiger partial charge >= 0.3 is 11.8 Å². The van der Waals surface area contributed by atoms with E-state index in [-0.39, 0.29) is 11.5 Å². The van der Waals surface area contributed by atoms with Crippen LogP contribution in [0.25, 0.3) is 0 Å². The third-order valence-electron chi connectivity index (χ3n) is 3.53. The van der Waals surface area contributed by atoms with Crippen LogP contribution in [0.1, 0.15) is 25.0 Å². The molecule has 0 saturated carbocycles. The molecule has 2 aromatic carbocycles. The summed E-state index contributed by atoms with van der Waals surface area (Å²) in [5.41, 5.74) is 5.07. The first-order chi connectivity index (χ1) is 14.4. The molecule has 0 aliphatic heterocycles. The van der Waals surface area contributed by atoms with Crippen LogP contribution in [0.3, 0.4) is 0 Å². The molecule has 4 N–H and O–H groups in total. The maximum Gasteiger partial charge on any atom is 0.331 e. The molecule has 2 rings (SSSR count). The van der Waals surface area contributed by atoms with Gasteiger partial charge in [0.25, 0.3) is 0 Å². The summed E-state index contributed by atoms with van der Waals surface area (Å²) in [5, 5.41) is 26.9. The van der Waals surface area contributed by atoms with Crippen molar-refractivity contribution in [3.63, 3.8) is 0 Å². The summed E-state index contributed by atoms with van der Waals surface area (Å²) in [6, 6.07) is 9.16. The van der Waals surface area contributed by atoms with Gasteiger partial charge in [-0.1, -0.05) is 0 Å². The largest absolute Gasteiger partial charge is 0.504 e. The van der Waals surface area contributed by atoms with E-state index in [1.165, 1.54) is 24.6 Å². The SMILES string of the molecule is CCOc1ccc(/C=N/NC(=O)C(=O)N/N=C/c2ccc(OCC)c(O)c2)cc1O. The molecule has 0 aromatic heterocycles. The highest BCUT2D eigenvalue weighted by molar-refractivity contribution is 6.35. The standard InChI is InChI=1S/C20H22N4O6/c1-3-29-17-7-5-13(9-15(17)25)11-21-23-19(27)20(28)24-22-12-14-6-8-18(30-4-2)16(26)10-14/h5-12,25-26H,3-4H2,1-2H3,(H,23,27)(H,24,28)/b21-11+,22-12+. The Morgan fingerprint density at radius 1 is 0.833 bits per heavy atom. The van der Waals surface area contributed by atoms with Crippen molar-refractivity contribution in [2.24, 2.45) is 10.2 Å². The highest BCUT2D eigenvalue weighted by atomic mass is 16.5. The van der Waals surface area contributed by atoms with Crippen LogP contribution in [0.5, 0.6) is 23.0 Å². The molecule has 2 aromatic rings. The van der Waals surface area contributed by atoms with Gasteiger partial charge < -0.3 is 19.7 Å². The number of ether oxygens (including phenoxy) is 2. The van der Waals surface area contributed by atoms with Gasteiger partial charge in [0, 0.05) is 0 Å². The number of carbonyl (C=O) groups is 2. The van der Waals surface area contributed by atoms with Crippen LogP contribution in [-0.4, -0.2) is 47.7 Å². The fraction of sp³-hybridized carbons (Fsp3) is 0.200. The van der Waals surface area contributed by atoms with E-state index in [2.05, 4.69) is 10.2 Å². The van der Waals surface area contributed by atoms with Gasteiger partial charge in [-0.25, -0.2) is 10.9 Å². The number of carbonyl (C=O) groups excluding carboxylic acids is 2. The number of rotatable bonds is 8. The number of phenols is 2. The van der Waals surface area contributed by atoms with E-state index in [1.54, 1.807) is 38.1 Å². The Balaban J connectivity index is 1.85. The van der Waals surface area contributed by atoms with Crippen molar-refractivity contribution >= 4 is 24.2 Å². The molecule has 0 unspecified atom stereocenters. The van der Waals surface area contributed by atoms with Crippen LogP contribution < -0.4 is 20.3 Å². The van der Waals surface area contributed by atoms with Crippen LogP contribution in [0.4, 0.5) is 0 Å². The van der Waals surface area contributed by atoms with Crippen LogP contribution in [0.15, 0.2) is 46.6 Å². The number of hydrazone groups is 2. The molecule has 0 aliphatic rings. The molecule has 0 radical (unpaired) electrons. The smallest absolute Gasteiger partial charge is 0.331 e. The fourth-order valence-corrected chi connectivity index (χ4v) is 2.22. The van der Waals surface area contributed by atoms with Crippen molar-refractivity contribution in [3.05, 3.63) is 47.5 Å². The first-order valence-electron chi connectivity index (χ1n) is 9.02. The zero-order chi connectivity index (χ0) is 21.9.